The number of ether oxygens (including phenoxy) is 10. The van der Waals surface area contributed by atoms with Crippen molar-refractivity contribution in [3.63, 3.8) is 0 Å². The third-order valence-electron chi connectivity index (χ3n) is 23.5. The average molecular weight is 1900 g/mol. The van der Waals surface area contributed by atoms with Crippen LogP contribution in [-0.4, -0.2) is 286 Å². The van der Waals surface area contributed by atoms with Crippen LogP contribution in [0.2, 0.25) is 0 Å². The molecule has 8 atom stereocenters. The summed E-state index contributed by atoms with van der Waals surface area (Å²) < 4.78 is 73.5. The van der Waals surface area contributed by atoms with E-state index in [0.29, 0.717) is 101 Å². The molecule has 40 nitrogen and oxygen atoms in total. The number of amides is 14. The molecule has 0 aliphatic carbocycles. The van der Waals surface area contributed by atoms with Gasteiger partial charge in [0.05, 0.1) is 114 Å². The van der Waals surface area contributed by atoms with Crippen molar-refractivity contribution in [1.29, 1.82) is 0 Å². The van der Waals surface area contributed by atoms with E-state index in [0.717, 1.165) is 33.9 Å². The van der Waals surface area contributed by atoms with Gasteiger partial charge in [0.1, 0.15) is 37.4 Å². The van der Waals surface area contributed by atoms with Crippen molar-refractivity contribution in [3.05, 3.63) is 144 Å². The molecular formula is C94H126N15O25P. The lowest BCUT2D eigenvalue weighted by Crippen LogP contribution is -2.52. The molecule has 4 aromatic rings. The summed E-state index contributed by atoms with van der Waals surface area (Å²) in [6.45, 7) is 19.1. The average Bonchev–Trinajstić information content (AvgIpc) is 1.61. The van der Waals surface area contributed by atoms with Crippen LogP contribution in [-0.2, 0) is 94.1 Å². The van der Waals surface area contributed by atoms with Crippen LogP contribution in [0, 0.1) is 0 Å². The van der Waals surface area contributed by atoms with Gasteiger partial charge in [-0.1, -0.05) is 55.1 Å². The number of methoxy groups -OCH3 is 4. The second kappa shape index (κ2) is 51.6. The van der Waals surface area contributed by atoms with Crippen LogP contribution in [0.3, 0.4) is 0 Å². The number of nitrogens with zero attached hydrogens (tertiary/aromatic N) is 5. The summed E-state index contributed by atoms with van der Waals surface area (Å²) in [5.41, 5.74) is 4.15. The summed E-state index contributed by atoms with van der Waals surface area (Å²) in [5.74, 6) is -6.48. The molecule has 9 aliphatic rings. The molecule has 0 aromatic heterocycles. The summed E-state index contributed by atoms with van der Waals surface area (Å²) in [5, 5.41) is 28.4. The van der Waals surface area contributed by atoms with Gasteiger partial charge in [0.2, 0.25) is 47.3 Å². The standard InChI is InChI=1S/C94H126N15O25P/c1-59-48-69-56-108-75-52-79(77(127-9)50-70(75)91(120)106(69)54-59)131-44-46-135(124,98-36-15-35-97-81(110)30-37-105-85(114)28-29-86(105)115)47-45-132-80-53-76-71(51-78(80)128-10)92(121)107-55-60(2)49-74(107)64(6)109(76)94(123)134-58-66-20-24-68(25-21-66)102-89(118)72(16-11-13-33-95-61(3)31-38-129-42-40-125-7)103-87(116)62(4)99-83(112)26-27-84(113)100-63(5)88(117)104-73(17-12-14-34-96-82(111)32-39-130-43-41-126-8)90(119)101-67-22-18-65(19-23-67)57-133-93(108)122/h18-25,28-29,50-53,62-64,69,72-74,95H,1-3,11-17,26-27,30-49,54-58H2,4-10H3,(H,96,111)(H,97,110)(H,98,124)(H,99,112)(H,100,113)(H,101,119)(H,102,118)(H,103,116)(H,104,117)/t62-,63-,64?,69-,72-,73-,74-,135?/m0/s1. The highest BCUT2D eigenvalue weighted by atomic mass is 31.2. The van der Waals surface area contributed by atoms with Crippen LogP contribution in [0.4, 0.5) is 32.3 Å². The molecule has 0 saturated carbocycles. The number of fused-ring (bicyclic) bond motifs is 2. The third-order valence-corrected chi connectivity index (χ3v) is 26.1. The minimum absolute atomic E-state index is 0.0423. The maximum Gasteiger partial charge on any atom is 0.414 e. The molecule has 0 radical (unpaired) electrons. The fourth-order valence-electron chi connectivity index (χ4n) is 15.9. The molecule has 2 unspecified atom stereocenters. The SMILES string of the molecule is C=C1C[C@H]2CN3C(=O)OCc4ccc(cc4)NC(=O)[C@H](CCCCNC(=O)CCOCCOC)NC(=O)[C@H](C)NC(=O)CCC(=O)N[C@@H](C)C(=O)N[C@@H](CCCCNC(=C)CCOCCOC)C(=O)Nc4ccc(cc4)COC(=O)N4c5cc(c(OC)cc5C(=O)N5CC(=C)C[C@H]5C4C)OCCP(=O)(NCCCNC(=O)CCN4C(=O)C=CC4=O)CCOc4cc3c(cc4OC)C(=O)N2C1. The summed E-state index contributed by atoms with van der Waals surface area (Å²) in [6, 6.07) is 12.0. The van der Waals surface area contributed by atoms with Crippen molar-refractivity contribution in [2.24, 2.45) is 0 Å². The predicted octanol–water partition coefficient (Wildman–Crippen LogP) is 6.41. The molecule has 9 aliphatic heterocycles. The van der Waals surface area contributed by atoms with Crippen molar-refractivity contribution in [3.8, 4) is 23.0 Å². The van der Waals surface area contributed by atoms with Crippen LogP contribution < -0.4 is 81.7 Å². The van der Waals surface area contributed by atoms with E-state index in [2.05, 4.69) is 72.7 Å². The van der Waals surface area contributed by atoms with Gasteiger partial charge in [-0.2, -0.15) is 0 Å². The van der Waals surface area contributed by atoms with Crippen LogP contribution in [0.1, 0.15) is 143 Å². The Hall–Kier alpha value is -12.8. The highest BCUT2D eigenvalue weighted by molar-refractivity contribution is 7.61. The number of hydrogen-bond acceptors (Lipinski definition) is 26. The second-order valence-corrected chi connectivity index (χ2v) is 36.6. The first-order chi connectivity index (χ1) is 64.9. The van der Waals surface area contributed by atoms with Crippen molar-refractivity contribution in [2.75, 3.05) is 166 Å². The van der Waals surface area contributed by atoms with E-state index in [1.54, 1.807) is 72.4 Å². The normalized spacial score (nSPS) is 21.6. The molecule has 2 fully saturated rings. The number of nitrogens with one attached hydrogen (secondary N) is 10. The summed E-state index contributed by atoms with van der Waals surface area (Å²) in [6.07, 6.45) is 2.69. The number of benzene rings is 4. The predicted molar refractivity (Wildman–Crippen MR) is 498 cm³/mol. The number of anilines is 4. The fraction of sp³-hybridized carbons (Fsp3) is 0.511. The lowest BCUT2D eigenvalue weighted by molar-refractivity contribution is -0.137. The van der Waals surface area contributed by atoms with Gasteiger partial charge in [0, 0.05) is 146 Å². The molecule has 8 bridgehead atoms. The number of carbonyl (C=O) groups is 14. The Bertz CT molecular complexity index is 5020. The molecule has 9 heterocycles. The summed E-state index contributed by atoms with van der Waals surface area (Å²) >= 11 is 0. The fourth-order valence-corrected chi connectivity index (χ4v) is 17.8. The second-order valence-electron chi connectivity index (χ2n) is 33.6. The highest BCUT2D eigenvalue weighted by Crippen LogP contribution is 2.46. The van der Waals surface area contributed by atoms with Gasteiger partial charge in [0.25, 0.3) is 23.6 Å². The number of carbonyl (C=O) groups excluding carboxylic acids is 14. The maximum atomic E-state index is 15.6. The molecule has 732 valence electrons. The van der Waals surface area contributed by atoms with Gasteiger partial charge in [-0.3, -0.25) is 77.3 Å². The first kappa shape index (κ1) is 104. The Balaban J connectivity index is 0.919. The van der Waals surface area contributed by atoms with Gasteiger partial charge in [-0.05, 0) is 126 Å². The Kier molecular flexibility index (Phi) is 39.9. The van der Waals surface area contributed by atoms with Crippen LogP contribution in [0.5, 0.6) is 23.0 Å². The smallest absolute Gasteiger partial charge is 0.414 e. The summed E-state index contributed by atoms with van der Waals surface area (Å²) in [7, 11) is 2.16. The van der Waals surface area contributed by atoms with Crippen LogP contribution in [0.15, 0.2) is 122 Å². The van der Waals surface area contributed by atoms with Gasteiger partial charge < -0.3 is 110 Å². The molecule has 10 N–H and O–H groups in total. The zero-order valence-electron chi connectivity index (χ0n) is 77.7. The first-order valence-corrected chi connectivity index (χ1v) is 47.4. The van der Waals surface area contributed by atoms with Crippen molar-refractivity contribution in [2.45, 2.75) is 166 Å². The minimum atomic E-state index is -3.70. The number of imide groups is 1. The molecule has 41 heteroatoms. The molecule has 0 spiro atoms. The van der Waals surface area contributed by atoms with E-state index < -0.39 is 140 Å². The Morgan fingerprint density at radius 2 is 1.00 bits per heavy atom. The lowest BCUT2D eigenvalue weighted by atomic mass is 10.0. The molecular weight excluding hydrogens is 1770 g/mol. The number of unbranched alkanes of at least 4 members (excludes halogenated alkanes) is 2. The van der Waals surface area contributed by atoms with E-state index in [1.165, 1.54) is 69.2 Å². The molecule has 14 amide bonds. The van der Waals surface area contributed by atoms with Crippen molar-refractivity contribution in [1.82, 2.24) is 57.0 Å². The van der Waals surface area contributed by atoms with Crippen molar-refractivity contribution < 1.29 is 119 Å². The van der Waals surface area contributed by atoms with Crippen LogP contribution in [0.25, 0.3) is 0 Å². The quantitative estimate of drug-likeness (QED) is 0.0107. The Morgan fingerprint density at radius 1 is 0.519 bits per heavy atom. The van der Waals surface area contributed by atoms with Crippen LogP contribution >= 0.6 is 7.29 Å². The molecule has 13 rings (SSSR count). The molecule has 4 aromatic carbocycles. The van der Waals surface area contributed by atoms with Gasteiger partial charge in [-0.25, -0.2) is 9.59 Å². The van der Waals surface area contributed by atoms with E-state index in [-0.39, 0.29) is 180 Å². The topological polar surface area (TPSA) is 485 Å². The number of rotatable bonds is 33. The van der Waals surface area contributed by atoms with E-state index in [9.17, 15) is 67.1 Å². The van der Waals surface area contributed by atoms with Gasteiger partial charge in [-0.15, -0.1) is 0 Å². The van der Waals surface area contributed by atoms with E-state index in [4.69, 9.17) is 47.4 Å². The summed E-state index contributed by atoms with van der Waals surface area (Å²) in [4.78, 5) is 200. The molecule has 135 heavy (non-hydrogen) atoms. The first-order valence-electron chi connectivity index (χ1n) is 45.4. The van der Waals surface area contributed by atoms with Crippen molar-refractivity contribution >= 4 is 113 Å². The van der Waals surface area contributed by atoms with Gasteiger partial charge >= 0.3 is 12.2 Å². The van der Waals surface area contributed by atoms with E-state index >= 15 is 4.57 Å². The lowest BCUT2D eigenvalue weighted by Gasteiger charge is -2.33. The number of hydrogen-bond donors (Lipinski definition) is 10. The monoisotopic (exact) mass is 1900 g/mol. The van der Waals surface area contributed by atoms with E-state index in [1.807, 2.05) is 0 Å². The third kappa shape index (κ3) is 30.6. The van der Waals surface area contributed by atoms with Gasteiger partial charge in [0.15, 0.2) is 30.3 Å². The molecule has 2 saturated heterocycles. The minimum Gasteiger partial charge on any atom is -0.493 e. The zero-order valence-corrected chi connectivity index (χ0v) is 78.6. The largest absolute Gasteiger partial charge is 0.493 e. The zero-order chi connectivity index (χ0) is 97.3. The maximum absolute atomic E-state index is 15.6. The Labute approximate surface area is 784 Å². The Morgan fingerprint density at radius 3 is 1.54 bits per heavy atom. The highest BCUT2D eigenvalue weighted by Gasteiger charge is 2.46.